The molecule has 2 heterocycles. The van der Waals surface area contributed by atoms with Crippen LogP contribution in [0.2, 0.25) is 10.0 Å². The number of amides is 1. The Kier molecular flexibility index (Phi) is 5.85. The smallest absolute Gasteiger partial charge is 0.278 e. The van der Waals surface area contributed by atoms with Crippen molar-refractivity contribution in [2.45, 2.75) is 5.16 Å². The van der Waals surface area contributed by atoms with Crippen LogP contribution in [-0.2, 0) is 11.8 Å². The molecule has 2 aromatic carbocycles. The average Bonchev–Trinajstić information content (AvgIpc) is 3.17. The summed E-state index contributed by atoms with van der Waals surface area (Å²) in [5.41, 5.74) is 3.15. The third-order valence-corrected chi connectivity index (χ3v) is 6.26. The average molecular weight is 459 g/mol. The first-order valence-electron chi connectivity index (χ1n) is 8.95. The van der Waals surface area contributed by atoms with E-state index in [2.05, 4.69) is 15.3 Å². The maximum Gasteiger partial charge on any atom is 0.278 e. The second-order valence-electron chi connectivity index (χ2n) is 6.52. The molecule has 2 N–H and O–H groups in total. The molecule has 0 spiro atoms. The van der Waals surface area contributed by atoms with E-state index in [0.717, 1.165) is 11.1 Å². The number of anilines is 1. The Morgan fingerprint density at radius 3 is 2.67 bits per heavy atom. The molecule has 9 heteroatoms. The fourth-order valence-electron chi connectivity index (χ4n) is 2.99. The van der Waals surface area contributed by atoms with Crippen LogP contribution in [0, 0.1) is 0 Å². The Hall–Kier alpha value is -2.74. The molecule has 2 aromatic heterocycles. The van der Waals surface area contributed by atoms with Gasteiger partial charge in [0.25, 0.3) is 5.56 Å². The Bertz CT molecular complexity index is 1300. The van der Waals surface area contributed by atoms with Gasteiger partial charge in [-0.1, -0.05) is 65.3 Å². The lowest BCUT2D eigenvalue weighted by atomic mass is 10.1. The van der Waals surface area contributed by atoms with Crippen molar-refractivity contribution in [1.29, 1.82) is 0 Å². The second-order valence-corrected chi connectivity index (χ2v) is 8.27. The number of hydrogen-bond donors (Lipinski definition) is 2. The lowest BCUT2D eigenvalue weighted by molar-refractivity contribution is -0.113. The number of nitrogens with one attached hydrogen (secondary N) is 2. The number of hydrogen-bond acceptors (Lipinski definition) is 4. The van der Waals surface area contributed by atoms with Gasteiger partial charge in [-0.25, -0.2) is 4.98 Å². The quantitative estimate of drug-likeness (QED) is 0.326. The van der Waals surface area contributed by atoms with E-state index in [0.29, 0.717) is 31.9 Å². The number of aromatic nitrogens is 3. The molecule has 0 atom stereocenters. The van der Waals surface area contributed by atoms with Crippen molar-refractivity contribution in [3.63, 3.8) is 0 Å². The zero-order valence-electron chi connectivity index (χ0n) is 15.8. The van der Waals surface area contributed by atoms with E-state index < -0.39 is 0 Å². The van der Waals surface area contributed by atoms with Gasteiger partial charge in [0, 0.05) is 24.5 Å². The second kappa shape index (κ2) is 8.55. The fourth-order valence-corrected chi connectivity index (χ4v) is 4.05. The van der Waals surface area contributed by atoms with Gasteiger partial charge in [-0.15, -0.1) is 0 Å². The van der Waals surface area contributed by atoms with Gasteiger partial charge in [-0.2, -0.15) is 0 Å². The number of carbonyl (C=O) groups excluding carboxylic acids is 1. The Labute approximate surface area is 186 Å². The van der Waals surface area contributed by atoms with Crippen molar-refractivity contribution < 1.29 is 4.79 Å². The van der Waals surface area contributed by atoms with Crippen molar-refractivity contribution in [2.24, 2.45) is 7.05 Å². The molecule has 152 valence electrons. The highest BCUT2D eigenvalue weighted by molar-refractivity contribution is 7.99. The summed E-state index contributed by atoms with van der Waals surface area (Å²) in [6, 6.07) is 14.6. The number of halogens is 2. The van der Waals surface area contributed by atoms with Gasteiger partial charge in [0.05, 0.1) is 15.8 Å². The molecule has 6 nitrogen and oxygen atoms in total. The van der Waals surface area contributed by atoms with E-state index in [4.69, 9.17) is 23.2 Å². The zero-order chi connectivity index (χ0) is 21.3. The maximum atomic E-state index is 12.7. The summed E-state index contributed by atoms with van der Waals surface area (Å²) in [6.07, 6.45) is 1.78. The van der Waals surface area contributed by atoms with Gasteiger partial charge in [0.15, 0.2) is 5.16 Å². The molecule has 0 fully saturated rings. The predicted molar refractivity (Wildman–Crippen MR) is 123 cm³/mol. The van der Waals surface area contributed by atoms with Crippen LogP contribution in [0.1, 0.15) is 0 Å². The first-order chi connectivity index (χ1) is 14.4. The Morgan fingerprint density at radius 2 is 1.93 bits per heavy atom. The van der Waals surface area contributed by atoms with E-state index in [1.54, 1.807) is 31.4 Å². The van der Waals surface area contributed by atoms with Crippen molar-refractivity contribution in [1.82, 2.24) is 14.5 Å². The van der Waals surface area contributed by atoms with E-state index in [1.807, 2.05) is 30.3 Å². The van der Waals surface area contributed by atoms with Crippen LogP contribution in [0.4, 0.5) is 5.69 Å². The van der Waals surface area contributed by atoms with Crippen molar-refractivity contribution in [3.8, 4) is 11.1 Å². The van der Waals surface area contributed by atoms with Crippen LogP contribution < -0.4 is 10.9 Å². The first kappa shape index (κ1) is 20.5. The summed E-state index contributed by atoms with van der Waals surface area (Å²) in [7, 11) is 1.64. The molecule has 4 aromatic rings. The van der Waals surface area contributed by atoms with Crippen LogP contribution in [0.5, 0.6) is 0 Å². The summed E-state index contributed by atoms with van der Waals surface area (Å²) in [5.74, 6) is -0.165. The van der Waals surface area contributed by atoms with Gasteiger partial charge in [-0.05, 0) is 23.8 Å². The maximum absolute atomic E-state index is 12.7. The molecule has 0 radical (unpaired) electrons. The number of fused-ring (bicyclic) bond motifs is 1. The normalized spacial score (nSPS) is 11.0. The summed E-state index contributed by atoms with van der Waals surface area (Å²) >= 11 is 13.1. The predicted octanol–water partition coefficient (Wildman–Crippen LogP) is 4.97. The number of thioether (sulfide) groups is 1. The van der Waals surface area contributed by atoms with Crippen molar-refractivity contribution in [3.05, 3.63) is 75.1 Å². The van der Waals surface area contributed by atoms with Crippen LogP contribution in [-0.4, -0.2) is 26.2 Å². The lowest BCUT2D eigenvalue weighted by Gasteiger charge is -2.09. The molecule has 30 heavy (non-hydrogen) atoms. The third-order valence-electron chi connectivity index (χ3n) is 4.49. The Balaban J connectivity index is 1.58. The number of nitrogens with zero attached hydrogens (tertiary/aromatic N) is 2. The fraction of sp³-hybridized carbons (Fsp3) is 0.0952. The number of benzene rings is 2. The molecule has 0 aliphatic heterocycles. The molecular weight excluding hydrogens is 443 g/mol. The number of H-pyrrole nitrogens is 1. The van der Waals surface area contributed by atoms with E-state index >= 15 is 0 Å². The summed E-state index contributed by atoms with van der Waals surface area (Å²) in [6.45, 7) is 0. The Morgan fingerprint density at radius 1 is 1.17 bits per heavy atom. The molecule has 0 saturated carbocycles. The van der Waals surface area contributed by atoms with Crippen LogP contribution in [0.3, 0.4) is 0 Å². The molecule has 0 unspecified atom stereocenters. The standard InChI is InChI=1S/C21H16Cl2N4O2S/c1-27-20(29)19-18(14(10-24-19)12-5-3-2-4-6-12)26-21(27)30-11-17(28)25-13-7-8-15(22)16(23)9-13/h2-10,24H,11H2,1H3,(H,25,28). The van der Waals surface area contributed by atoms with Crippen molar-refractivity contribution >= 4 is 57.6 Å². The van der Waals surface area contributed by atoms with Crippen LogP contribution >= 0.6 is 35.0 Å². The summed E-state index contributed by atoms with van der Waals surface area (Å²) in [5, 5.41) is 3.98. The number of aromatic amines is 1. The van der Waals surface area contributed by atoms with E-state index in [1.165, 1.54) is 16.3 Å². The minimum atomic E-state index is -0.245. The minimum absolute atomic E-state index is 0.0805. The zero-order valence-corrected chi connectivity index (χ0v) is 18.1. The van der Waals surface area contributed by atoms with E-state index in [9.17, 15) is 9.59 Å². The molecule has 4 rings (SSSR count). The minimum Gasteiger partial charge on any atom is -0.355 e. The van der Waals surface area contributed by atoms with Gasteiger partial charge in [0.1, 0.15) is 11.0 Å². The number of carbonyl (C=O) groups is 1. The van der Waals surface area contributed by atoms with Crippen LogP contribution in [0.25, 0.3) is 22.2 Å². The van der Waals surface area contributed by atoms with Crippen LogP contribution in [0.15, 0.2) is 64.7 Å². The van der Waals surface area contributed by atoms with Gasteiger partial charge in [-0.3, -0.25) is 14.2 Å². The third kappa shape index (κ3) is 4.09. The van der Waals surface area contributed by atoms with Gasteiger partial charge >= 0.3 is 0 Å². The summed E-state index contributed by atoms with van der Waals surface area (Å²) in [4.78, 5) is 32.8. The van der Waals surface area contributed by atoms with E-state index in [-0.39, 0.29) is 17.2 Å². The molecule has 1 amide bonds. The molecule has 0 bridgehead atoms. The van der Waals surface area contributed by atoms with Crippen molar-refractivity contribution in [2.75, 3.05) is 11.1 Å². The lowest BCUT2D eigenvalue weighted by Crippen LogP contribution is -2.21. The first-order valence-corrected chi connectivity index (χ1v) is 10.7. The molecular formula is C21H16Cl2N4O2S. The molecule has 0 saturated heterocycles. The SMILES string of the molecule is Cn1c(SCC(=O)Nc2ccc(Cl)c(Cl)c2)nc2c(-c3ccccc3)c[nH]c2c1=O. The summed E-state index contributed by atoms with van der Waals surface area (Å²) < 4.78 is 1.44. The highest BCUT2D eigenvalue weighted by Gasteiger charge is 2.16. The number of rotatable bonds is 5. The largest absolute Gasteiger partial charge is 0.355 e. The monoisotopic (exact) mass is 458 g/mol. The van der Waals surface area contributed by atoms with Gasteiger partial charge in [0.2, 0.25) is 5.91 Å². The topological polar surface area (TPSA) is 79.8 Å². The highest BCUT2D eigenvalue weighted by Crippen LogP contribution is 2.28. The molecule has 0 aliphatic carbocycles. The van der Waals surface area contributed by atoms with Gasteiger partial charge < -0.3 is 10.3 Å². The molecule has 0 aliphatic rings. The highest BCUT2D eigenvalue weighted by atomic mass is 35.5.